The highest BCUT2D eigenvalue weighted by molar-refractivity contribution is 5.37. The van der Waals surface area contributed by atoms with Gasteiger partial charge in [0.1, 0.15) is 6.26 Å². The molecule has 1 atom stereocenters. The summed E-state index contributed by atoms with van der Waals surface area (Å²) in [5.41, 5.74) is 3.23. The first kappa shape index (κ1) is 12.6. The van der Waals surface area contributed by atoms with Crippen LogP contribution in [0, 0.1) is 0 Å². The largest absolute Gasteiger partial charge is 0.364 e. The summed E-state index contributed by atoms with van der Waals surface area (Å²) in [7, 11) is 0. The summed E-state index contributed by atoms with van der Waals surface area (Å²) >= 11 is 0. The van der Waals surface area contributed by atoms with Crippen molar-refractivity contribution in [3.63, 3.8) is 0 Å². The van der Waals surface area contributed by atoms with Gasteiger partial charge < -0.3 is 14.4 Å². The van der Waals surface area contributed by atoms with E-state index in [1.807, 2.05) is 16.8 Å². The first-order valence-corrected chi connectivity index (χ1v) is 6.54. The van der Waals surface area contributed by atoms with Gasteiger partial charge in [-0.2, -0.15) is 0 Å². The van der Waals surface area contributed by atoms with Crippen LogP contribution in [-0.4, -0.2) is 14.7 Å². The predicted molar refractivity (Wildman–Crippen MR) is 75.3 cm³/mol. The molecular formula is C15H16N4O. The average molecular weight is 268 g/mol. The second-order valence-corrected chi connectivity index (χ2v) is 4.66. The maximum atomic E-state index is 4.82. The lowest BCUT2D eigenvalue weighted by Crippen LogP contribution is -2.18. The molecule has 5 nitrogen and oxygen atoms in total. The zero-order valence-electron chi connectivity index (χ0n) is 11.2. The summed E-state index contributed by atoms with van der Waals surface area (Å²) in [6, 6.07) is 10.5. The van der Waals surface area contributed by atoms with Crippen molar-refractivity contribution in [1.29, 1.82) is 0 Å². The van der Waals surface area contributed by atoms with Crippen molar-refractivity contribution in [2.75, 3.05) is 0 Å². The molecule has 102 valence electrons. The molecule has 0 bridgehead atoms. The SMILES string of the molecule is C[C@@H](NCc1ccon1)c1cccc(-n2ccnc2)c1. The minimum Gasteiger partial charge on any atom is -0.364 e. The fraction of sp³-hybridized carbons (Fsp3) is 0.200. The molecule has 0 spiro atoms. The minimum absolute atomic E-state index is 0.232. The standard InChI is InChI=1S/C15H16N4O/c1-12(17-10-14-5-8-20-18-14)13-3-2-4-15(9-13)19-7-6-16-11-19/h2-9,11-12,17H,10H2,1H3/t12-/m1/s1. The lowest BCUT2D eigenvalue weighted by atomic mass is 10.1. The second-order valence-electron chi connectivity index (χ2n) is 4.66. The van der Waals surface area contributed by atoms with E-state index in [0.717, 1.165) is 11.4 Å². The topological polar surface area (TPSA) is 55.9 Å². The van der Waals surface area contributed by atoms with E-state index < -0.39 is 0 Å². The Labute approximate surface area is 117 Å². The molecule has 0 saturated heterocycles. The number of nitrogens with one attached hydrogen (secondary N) is 1. The first-order chi connectivity index (χ1) is 9.83. The second kappa shape index (κ2) is 5.71. The van der Waals surface area contributed by atoms with Crippen LogP contribution in [0.2, 0.25) is 0 Å². The lowest BCUT2D eigenvalue weighted by molar-refractivity contribution is 0.406. The van der Waals surface area contributed by atoms with Gasteiger partial charge in [-0.3, -0.25) is 0 Å². The molecule has 3 rings (SSSR count). The summed E-state index contributed by atoms with van der Waals surface area (Å²) in [6.45, 7) is 2.82. The quantitative estimate of drug-likeness (QED) is 0.773. The van der Waals surface area contributed by atoms with Gasteiger partial charge in [0.2, 0.25) is 0 Å². The van der Waals surface area contributed by atoms with Crippen molar-refractivity contribution in [1.82, 2.24) is 20.0 Å². The van der Waals surface area contributed by atoms with E-state index in [1.54, 1.807) is 18.8 Å². The third kappa shape index (κ3) is 2.78. The highest BCUT2D eigenvalue weighted by Crippen LogP contribution is 2.17. The molecule has 3 aromatic rings. The lowest BCUT2D eigenvalue weighted by Gasteiger charge is -2.14. The van der Waals surface area contributed by atoms with Crippen LogP contribution >= 0.6 is 0 Å². The van der Waals surface area contributed by atoms with E-state index in [9.17, 15) is 0 Å². The van der Waals surface area contributed by atoms with Crippen molar-refractivity contribution in [3.8, 4) is 5.69 Å². The van der Waals surface area contributed by atoms with Gasteiger partial charge in [0.25, 0.3) is 0 Å². The summed E-state index contributed by atoms with van der Waals surface area (Å²) in [6.07, 6.45) is 7.10. The summed E-state index contributed by atoms with van der Waals surface area (Å²) < 4.78 is 6.81. The van der Waals surface area contributed by atoms with Gasteiger partial charge in [0.15, 0.2) is 0 Å². The van der Waals surface area contributed by atoms with E-state index in [0.29, 0.717) is 6.54 Å². The van der Waals surface area contributed by atoms with Crippen molar-refractivity contribution in [2.45, 2.75) is 19.5 Å². The number of nitrogens with zero attached hydrogens (tertiary/aromatic N) is 3. The Kier molecular flexibility index (Phi) is 3.60. The van der Waals surface area contributed by atoms with E-state index >= 15 is 0 Å². The molecule has 0 unspecified atom stereocenters. The normalized spacial score (nSPS) is 12.4. The molecule has 0 amide bonds. The smallest absolute Gasteiger partial charge is 0.124 e. The number of aromatic nitrogens is 3. The van der Waals surface area contributed by atoms with Crippen LogP contribution in [0.15, 0.2) is 59.8 Å². The fourth-order valence-electron chi connectivity index (χ4n) is 2.07. The molecule has 0 aliphatic rings. The molecule has 5 heteroatoms. The van der Waals surface area contributed by atoms with Gasteiger partial charge >= 0.3 is 0 Å². The fourth-order valence-corrected chi connectivity index (χ4v) is 2.07. The average Bonchev–Trinajstić information content (AvgIpc) is 3.18. The van der Waals surface area contributed by atoms with Gasteiger partial charge in [-0.15, -0.1) is 0 Å². The van der Waals surface area contributed by atoms with E-state index in [1.165, 1.54) is 5.56 Å². The van der Waals surface area contributed by atoms with Crippen molar-refractivity contribution >= 4 is 0 Å². The zero-order valence-corrected chi connectivity index (χ0v) is 11.2. The Morgan fingerprint density at radius 2 is 2.30 bits per heavy atom. The minimum atomic E-state index is 0.232. The predicted octanol–water partition coefficient (Wildman–Crippen LogP) is 2.71. The monoisotopic (exact) mass is 268 g/mol. The third-order valence-electron chi connectivity index (χ3n) is 3.25. The summed E-state index contributed by atoms with van der Waals surface area (Å²) in [5, 5.41) is 7.32. The van der Waals surface area contributed by atoms with Crippen LogP contribution in [-0.2, 0) is 6.54 Å². The molecule has 0 radical (unpaired) electrons. The Morgan fingerprint density at radius 3 is 3.05 bits per heavy atom. The Hall–Kier alpha value is -2.40. The molecular weight excluding hydrogens is 252 g/mol. The third-order valence-corrected chi connectivity index (χ3v) is 3.25. The van der Waals surface area contributed by atoms with Crippen LogP contribution in [0.4, 0.5) is 0 Å². The molecule has 1 aromatic carbocycles. The highest BCUT2D eigenvalue weighted by Gasteiger charge is 2.07. The van der Waals surface area contributed by atoms with Crippen LogP contribution in [0.25, 0.3) is 5.69 Å². The Morgan fingerprint density at radius 1 is 1.35 bits per heavy atom. The van der Waals surface area contributed by atoms with Crippen molar-refractivity contribution in [3.05, 3.63) is 66.6 Å². The molecule has 20 heavy (non-hydrogen) atoms. The molecule has 2 heterocycles. The maximum absolute atomic E-state index is 4.82. The number of imidazole rings is 1. The van der Waals surface area contributed by atoms with Gasteiger partial charge in [0.05, 0.1) is 12.0 Å². The summed E-state index contributed by atoms with van der Waals surface area (Å²) in [5.74, 6) is 0. The van der Waals surface area contributed by atoms with Crippen LogP contribution < -0.4 is 5.32 Å². The number of rotatable bonds is 5. The molecule has 0 aliphatic carbocycles. The molecule has 0 aliphatic heterocycles. The molecule has 1 N–H and O–H groups in total. The van der Waals surface area contributed by atoms with Gasteiger partial charge in [0, 0.05) is 36.7 Å². The number of benzene rings is 1. The van der Waals surface area contributed by atoms with Gasteiger partial charge in [-0.1, -0.05) is 17.3 Å². The van der Waals surface area contributed by atoms with Crippen LogP contribution in [0.1, 0.15) is 24.2 Å². The highest BCUT2D eigenvalue weighted by atomic mass is 16.5. The molecule has 2 aromatic heterocycles. The van der Waals surface area contributed by atoms with Crippen LogP contribution in [0.5, 0.6) is 0 Å². The van der Waals surface area contributed by atoms with Crippen molar-refractivity contribution < 1.29 is 4.52 Å². The summed E-state index contributed by atoms with van der Waals surface area (Å²) in [4.78, 5) is 4.07. The van der Waals surface area contributed by atoms with E-state index in [4.69, 9.17) is 4.52 Å². The Bertz CT molecular complexity index is 646. The van der Waals surface area contributed by atoms with Crippen LogP contribution in [0.3, 0.4) is 0 Å². The first-order valence-electron chi connectivity index (χ1n) is 6.54. The van der Waals surface area contributed by atoms with Gasteiger partial charge in [-0.05, 0) is 24.6 Å². The van der Waals surface area contributed by atoms with E-state index in [-0.39, 0.29) is 6.04 Å². The number of hydrogen-bond acceptors (Lipinski definition) is 4. The van der Waals surface area contributed by atoms with Crippen molar-refractivity contribution in [2.24, 2.45) is 0 Å². The van der Waals surface area contributed by atoms with E-state index in [2.05, 4.69) is 46.6 Å². The number of hydrogen-bond donors (Lipinski definition) is 1. The molecule has 0 fully saturated rings. The molecule has 0 saturated carbocycles. The Balaban J connectivity index is 1.71. The zero-order chi connectivity index (χ0) is 13.8. The van der Waals surface area contributed by atoms with Gasteiger partial charge in [-0.25, -0.2) is 4.98 Å². The maximum Gasteiger partial charge on any atom is 0.124 e.